The van der Waals surface area contributed by atoms with Gasteiger partial charge in [-0.25, -0.2) is 4.79 Å². The summed E-state index contributed by atoms with van der Waals surface area (Å²) in [6.45, 7) is 0. The van der Waals surface area contributed by atoms with E-state index in [4.69, 9.17) is 16.3 Å². The van der Waals surface area contributed by atoms with Crippen LogP contribution in [0.1, 0.15) is 10.4 Å². The highest BCUT2D eigenvalue weighted by atomic mass is 35.5. The number of carbonyl (C=O) groups excluding carboxylic acids is 2. The van der Waals surface area contributed by atoms with Crippen LogP contribution in [0.25, 0.3) is 0 Å². The molecule has 0 aliphatic carbocycles. The van der Waals surface area contributed by atoms with E-state index in [2.05, 4.69) is 4.74 Å². The number of esters is 1. The number of ketones is 1. The Labute approximate surface area is 98.1 Å². The Morgan fingerprint density at radius 1 is 1.19 bits per heavy atom. The topological polar surface area (TPSA) is 52.6 Å². The number of halogens is 1. The van der Waals surface area contributed by atoms with Crippen LogP contribution in [0.15, 0.2) is 24.3 Å². The summed E-state index contributed by atoms with van der Waals surface area (Å²) in [6, 6.07) is 6.32. The summed E-state index contributed by atoms with van der Waals surface area (Å²) in [5.74, 6) is -0.626. The molecule has 0 fully saturated rings. The number of ether oxygens (including phenoxy) is 2. The van der Waals surface area contributed by atoms with Crippen LogP contribution in [-0.2, 0) is 9.53 Å². The van der Waals surface area contributed by atoms with Crippen LogP contribution in [-0.4, -0.2) is 31.3 Å². The van der Waals surface area contributed by atoms with Gasteiger partial charge in [-0.05, 0) is 24.3 Å². The van der Waals surface area contributed by atoms with Gasteiger partial charge in [-0.15, -0.1) is 11.6 Å². The number of hydrogen-bond donors (Lipinski definition) is 0. The molecular formula is C11H11ClO4. The van der Waals surface area contributed by atoms with Gasteiger partial charge in [0.15, 0.2) is 11.2 Å². The van der Waals surface area contributed by atoms with Gasteiger partial charge in [0.05, 0.1) is 14.2 Å². The van der Waals surface area contributed by atoms with E-state index in [9.17, 15) is 9.59 Å². The van der Waals surface area contributed by atoms with E-state index >= 15 is 0 Å². The predicted octanol–water partition coefficient (Wildman–Crippen LogP) is 1.66. The summed E-state index contributed by atoms with van der Waals surface area (Å²) in [6.07, 6.45) is 0. The van der Waals surface area contributed by atoms with Gasteiger partial charge in [-0.3, -0.25) is 4.79 Å². The minimum Gasteiger partial charge on any atom is -0.497 e. The zero-order chi connectivity index (χ0) is 12.1. The van der Waals surface area contributed by atoms with E-state index in [1.165, 1.54) is 14.2 Å². The second-order valence-electron chi connectivity index (χ2n) is 2.98. The van der Waals surface area contributed by atoms with E-state index in [-0.39, 0.29) is 0 Å². The summed E-state index contributed by atoms with van der Waals surface area (Å²) < 4.78 is 9.33. The summed E-state index contributed by atoms with van der Waals surface area (Å²) in [5.41, 5.74) is 0.339. The van der Waals surface area contributed by atoms with Gasteiger partial charge in [0.1, 0.15) is 5.75 Å². The molecule has 0 bridgehead atoms. The van der Waals surface area contributed by atoms with Crippen molar-refractivity contribution in [2.24, 2.45) is 0 Å². The maximum Gasteiger partial charge on any atom is 0.331 e. The standard InChI is InChI=1S/C11H11ClO4/c1-15-8-5-3-7(4-6-8)10(13)9(12)11(14)16-2/h3-6,9H,1-2H3/t9-/m0/s1. The van der Waals surface area contributed by atoms with Crippen molar-refractivity contribution in [3.05, 3.63) is 29.8 Å². The first-order valence-corrected chi connectivity index (χ1v) is 4.94. The first-order valence-electron chi connectivity index (χ1n) is 4.50. The Balaban J connectivity index is 2.84. The molecule has 4 nitrogen and oxygen atoms in total. The van der Waals surface area contributed by atoms with Crippen LogP contribution in [0.3, 0.4) is 0 Å². The molecule has 0 radical (unpaired) electrons. The molecule has 16 heavy (non-hydrogen) atoms. The molecule has 0 heterocycles. The van der Waals surface area contributed by atoms with Crippen LogP contribution in [0.5, 0.6) is 5.75 Å². The Hall–Kier alpha value is -1.55. The molecule has 1 aromatic carbocycles. The van der Waals surface area contributed by atoms with Gasteiger partial charge in [0.25, 0.3) is 0 Å². The van der Waals surface area contributed by atoms with E-state index < -0.39 is 17.1 Å². The molecule has 0 N–H and O–H groups in total. The fourth-order valence-corrected chi connectivity index (χ4v) is 1.33. The fourth-order valence-electron chi connectivity index (χ4n) is 1.11. The largest absolute Gasteiger partial charge is 0.497 e. The van der Waals surface area contributed by atoms with Gasteiger partial charge < -0.3 is 9.47 Å². The number of hydrogen-bond acceptors (Lipinski definition) is 4. The third-order valence-electron chi connectivity index (χ3n) is 2.01. The second kappa shape index (κ2) is 5.51. The van der Waals surface area contributed by atoms with Crippen molar-refractivity contribution in [2.45, 2.75) is 5.38 Å². The van der Waals surface area contributed by atoms with Crippen molar-refractivity contribution < 1.29 is 19.1 Å². The lowest BCUT2D eigenvalue weighted by atomic mass is 10.1. The SMILES string of the molecule is COC(=O)[C@@H](Cl)C(=O)c1ccc(OC)cc1. The average Bonchev–Trinajstić information content (AvgIpc) is 2.36. The average molecular weight is 243 g/mol. The molecule has 0 unspecified atom stereocenters. The highest BCUT2D eigenvalue weighted by molar-refractivity contribution is 6.43. The number of Topliss-reactive ketones (excluding diaryl/α,β-unsaturated/α-hetero) is 1. The Kier molecular flexibility index (Phi) is 4.31. The smallest absolute Gasteiger partial charge is 0.331 e. The van der Waals surface area contributed by atoms with E-state index in [0.29, 0.717) is 11.3 Å². The molecular weight excluding hydrogens is 232 g/mol. The molecule has 0 saturated heterocycles. The van der Waals surface area contributed by atoms with Crippen molar-refractivity contribution >= 4 is 23.4 Å². The summed E-state index contributed by atoms with van der Waals surface area (Å²) in [4.78, 5) is 22.7. The molecule has 5 heteroatoms. The van der Waals surface area contributed by atoms with Crippen molar-refractivity contribution in [3.8, 4) is 5.75 Å². The van der Waals surface area contributed by atoms with Crippen LogP contribution < -0.4 is 4.74 Å². The minimum absolute atomic E-state index is 0.339. The third-order valence-corrected chi connectivity index (χ3v) is 2.39. The Morgan fingerprint density at radius 2 is 1.75 bits per heavy atom. The van der Waals surface area contributed by atoms with Gasteiger partial charge in [0, 0.05) is 5.56 Å². The summed E-state index contributed by atoms with van der Waals surface area (Å²) >= 11 is 5.63. The lowest BCUT2D eigenvalue weighted by Gasteiger charge is -2.06. The van der Waals surface area contributed by atoms with E-state index in [0.717, 1.165) is 0 Å². The molecule has 0 spiro atoms. The highest BCUT2D eigenvalue weighted by Gasteiger charge is 2.25. The van der Waals surface area contributed by atoms with Gasteiger partial charge in [-0.1, -0.05) is 0 Å². The summed E-state index contributed by atoms with van der Waals surface area (Å²) in [7, 11) is 2.70. The number of carbonyl (C=O) groups is 2. The van der Waals surface area contributed by atoms with Crippen molar-refractivity contribution in [3.63, 3.8) is 0 Å². The van der Waals surface area contributed by atoms with Crippen molar-refractivity contribution in [2.75, 3.05) is 14.2 Å². The third kappa shape index (κ3) is 2.73. The number of rotatable bonds is 4. The van der Waals surface area contributed by atoms with Crippen molar-refractivity contribution in [1.82, 2.24) is 0 Å². The van der Waals surface area contributed by atoms with Gasteiger partial charge in [0.2, 0.25) is 0 Å². The molecule has 1 aromatic rings. The lowest BCUT2D eigenvalue weighted by Crippen LogP contribution is -2.25. The second-order valence-corrected chi connectivity index (χ2v) is 3.41. The molecule has 86 valence electrons. The van der Waals surface area contributed by atoms with Crippen LogP contribution in [0.2, 0.25) is 0 Å². The van der Waals surface area contributed by atoms with Crippen molar-refractivity contribution in [1.29, 1.82) is 0 Å². The molecule has 1 atom stereocenters. The normalized spacial score (nSPS) is 11.7. The minimum atomic E-state index is -1.31. The summed E-state index contributed by atoms with van der Waals surface area (Å²) in [5, 5.41) is -1.31. The fraction of sp³-hybridized carbons (Fsp3) is 0.273. The van der Waals surface area contributed by atoms with E-state index in [1.54, 1.807) is 24.3 Å². The monoisotopic (exact) mass is 242 g/mol. The molecule has 0 amide bonds. The number of benzene rings is 1. The number of methoxy groups -OCH3 is 2. The maximum absolute atomic E-state index is 11.7. The van der Waals surface area contributed by atoms with Gasteiger partial charge >= 0.3 is 5.97 Å². The maximum atomic E-state index is 11.7. The first kappa shape index (κ1) is 12.5. The molecule has 1 rings (SSSR count). The Morgan fingerprint density at radius 3 is 2.19 bits per heavy atom. The lowest BCUT2D eigenvalue weighted by molar-refractivity contribution is -0.139. The van der Waals surface area contributed by atoms with Crippen LogP contribution in [0, 0.1) is 0 Å². The molecule has 0 aromatic heterocycles. The zero-order valence-electron chi connectivity index (χ0n) is 8.90. The number of alkyl halides is 1. The van der Waals surface area contributed by atoms with Crippen LogP contribution in [0.4, 0.5) is 0 Å². The Bertz CT molecular complexity index is 385. The highest BCUT2D eigenvalue weighted by Crippen LogP contribution is 2.15. The predicted molar refractivity (Wildman–Crippen MR) is 59.0 cm³/mol. The van der Waals surface area contributed by atoms with E-state index in [1.807, 2.05) is 0 Å². The first-order chi connectivity index (χ1) is 7.60. The molecule has 0 saturated carbocycles. The van der Waals surface area contributed by atoms with Crippen LogP contribution >= 0.6 is 11.6 Å². The quantitative estimate of drug-likeness (QED) is 0.349. The molecule has 0 aliphatic heterocycles. The molecule has 0 aliphatic rings. The van der Waals surface area contributed by atoms with Gasteiger partial charge in [-0.2, -0.15) is 0 Å². The zero-order valence-corrected chi connectivity index (χ0v) is 9.65.